The molecule has 0 spiro atoms. The van der Waals surface area contributed by atoms with Gasteiger partial charge in [-0.2, -0.15) is 4.98 Å². The average Bonchev–Trinajstić information content (AvgIpc) is 3.07. The molecule has 7 heteroatoms. The molecule has 0 radical (unpaired) electrons. The van der Waals surface area contributed by atoms with Crippen LogP contribution in [0, 0.1) is 0 Å². The molecule has 1 aliphatic heterocycles. The molecule has 1 saturated heterocycles. The summed E-state index contributed by atoms with van der Waals surface area (Å²) >= 11 is 0. The molecule has 26 heavy (non-hydrogen) atoms. The summed E-state index contributed by atoms with van der Waals surface area (Å²) in [5.74, 6) is 1.44. The van der Waals surface area contributed by atoms with Crippen LogP contribution in [-0.4, -0.2) is 32.5 Å². The van der Waals surface area contributed by atoms with Gasteiger partial charge >= 0.3 is 0 Å². The van der Waals surface area contributed by atoms with E-state index in [-0.39, 0.29) is 5.95 Å². The van der Waals surface area contributed by atoms with Gasteiger partial charge in [0.15, 0.2) is 0 Å². The fourth-order valence-electron chi connectivity index (χ4n) is 3.92. The first-order valence-corrected chi connectivity index (χ1v) is 9.09. The second-order valence-electron chi connectivity index (χ2n) is 7.18. The fourth-order valence-corrected chi connectivity index (χ4v) is 3.92. The van der Waals surface area contributed by atoms with E-state index >= 15 is 0 Å². The number of hydrogen-bond acceptors (Lipinski definition) is 7. The summed E-state index contributed by atoms with van der Waals surface area (Å²) in [7, 11) is 0. The highest BCUT2D eigenvalue weighted by Gasteiger charge is 2.29. The molecule has 0 bridgehead atoms. The van der Waals surface area contributed by atoms with Crippen molar-refractivity contribution in [2.75, 3.05) is 22.9 Å². The Labute approximate surface area is 151 Å². The predicted octanol–water partition coefficient (Wildman–Crippen LogP) is 2.34. The fraction of sp³-hybridized carbons (Fsp3) is 0.368. The highest BCUT2D eigenvalue weighted by molar-refractivity contribution is 5.92. The molecule has 1 aliphatic carbocycles. The topological polar surface area (TPSA) is 107 Å². The van der Waals surface area contributed by atoms with E-state index < -0.39 is 0 Å². The lowest BCUT2D eigenvalue weighted by atomic mass is 10.0. The number of aromatic nitrogens is 4. The zero-order chi connectivity index (χ0) is 17.8. The van der Waals surface area contributed by atoms with Crippen LogP contribution in [0.1, 0.15) is 31.0 Å². The maximum Gasteiger partial charge on any atom is 0.226 e. The Morgan fingerprint density at radius 3 is 2.73 bits per heavy atom. The second kappa shape index (κ2) is 5.52. The Hall–Kier alpha value is -2.96. The first kappa shape index (κ1) is 15.3. The summed E-state index contributed by atoms with van der Waals surface area (Å²) < 4.78 is 0. The van der Waals surface area contributed by atoms with Crippen LogP contribution in [0.15, 0.2) is 18.2 Å². The summed E-state index contributed by atoms with van der Waals surface area (Å²) in [5.41, 5.74) is 17.0. The van der Waals surface area contributed by atoms with Gasteiger partial charge in [-0.3, -0.25) is 0 Å². The van der Waals surface area contributed by atoms with Crippen molar-refractivity contribution in [2.24, 2.45) is 0 Å². The van der Waals surface area contributed by atoms with Crippen molar-refractivity contribution in [3.05, 3.63) is 29.5 Å². The van der Waals surface area contributed by atoms with Crippen LogP contribution in [0.5, 0.6) is 0 Å². The van der Waals surface area contributed by atoms with E-state index in [1.165, 1.54) is 17.7 Å². The molecule has 3 aromatic rings. The monoisotopic (exact) mass is 347 g/mol. The van der Waals surface area contributed by atoms with E-state index in [1.54, 1.807) is 0 Å². The Balaban J connectivity index is 1.68. The van der Waals surface area contributed by atoms with Gasteiger partial charge < -0.3 is 16.4 Å². The third-order valence-electron chi connectivity index (χ3n) is 5.52. The van der Waals surface area contributed by atoms with Gasteiger partial charge in [-0.1, -0.05) is 6.07 Å². The van der Waals surface area contributed by atoms with Crippen LogP contribution in [-0.2, 0) is 12.8 Å². The maximum atomic E-state index is 5.98. The first-order valence-electron chi connectivity index (χ1n) is 9.09. The van der Waals surface area contributed by atoms with Crippen molar-refractivity contribution >= 4 is 28.6 Å². The van der Waals surface area contributed by atoms with Gasteiger partial charge in [0, 0.05) is 34.8 Å². The molecule has 5 rings (SSSR count). The molecule has 4 N–H and O–H groups in total. The summed E-state index contributed by atoms with van der Waals surface area (Å²) in [6.07, 6.45) is 4.37. The highest BCUT2D eigenvalue weighted by Crippen LogP contribution is 2.35. The molecule has 0 saturated carbocycles. The molecule has 3 heterocycles. The normalized spacial score (nSPS) is 18.8. The Morgan fingerprint density at radius 2 is 1.96 bits per heavy atom. The van der Waals surface area contributed by atoms with E-state index in [1.807, 2.05) is 18.2 Å². The van der Waals surface area contributed by atoms with E-state index in [9.17, 15) is 0 Å². The van der Waals surface area contributed by atoms with Crippen molar-refractivity contribution in [3.8, 4) is 11.3 Å². The number of anilines is 3. The molecule has 2 aromatic heterocycles. The molecule has 1 fully saturated rings. The van der Waals surface area contributed by atoms with Gasteiger partial charge in [-0.25, -0.2) is 15.0 Å². The minimum atomic E-state index is 0.190. The van der Waals surface area contributed by atoms with E-state index in [4.69, 9.17) is 21.4 Å². The van der Waals surface area contributed by atoms with Gasteiger partial charge in [0.25, 0.3) is 0 Å². The summed E-state index contributed by atoms with van der Waals surface area (Å²) in [6.45, 7) is 3.25. The second-order valence-corrected chi connectivity index (χ2v) is 7.18. The van der Waals surface area contributed by atoms with Crippen molar-refractivity contribution in [3.63, 3.8) is 0 Å². The summed E-state index contributed by atoms with van der Waals surface area (Å²) in [5, 5.41) is 0.810. The van der Waals surface area contributed by atoms with Crippen LogP contribution >= 0.6 is 0 Å². The van der Waals surface area contributed by atoms with Crippen LogP contribution in [0.4, 0.5) is 17.7 Å². The smallest absolute Gasteiger partial charge is 0.226 e. The van der Waals surface area contributed by atoms with Crippen molar-refractivity contribution in [2.45, 2.75) is 38.6 Å². The van der Waals surface area contributed by atoms with Crippen LogP contribution in [0.25, 0.3) is 22.2 Å². The van der Waals surface area contributed by atoms with Gasteiger partial charge in [0.05, 0.1) is 11.2 Å². The predicted molar refractivity (Wildman–Crippen MR) is 103 cm³/mol. The van der Waals surface area contributed by atoms with Crippen molar-refractivity contribution < 1.29 is 0 Å². The van der Waals surface area contributed by atoms with Crippen molar-refractivity contribution in [1.29, 1.82) is 0 Å². The molecule has 132 valence electrons. The largest absolute Gasteiger partial charge is 0.383 e. The lowest BCUT2D eigenvalue weighted by Crippen LogP contribution is -2.46. The molecule has 1 atom stereocenters. The first-order chi connectivity index (χ1) is 12.6. The number of rotatable bonds is 2. The highest BCUT2D eigenvalue weighted by atomic mass is 15.3. The Bertz CT molecular complexity index is 1030. The summed E-state index contributed by atoms with van der Waals surface area (Å²) in [4.78, 5) is 20.5. The number of benzene rings is 1. The third-order valence-corrected chi connectivity index (χ3v) is 5.52. The van der Waals surface area contributed by atoms with Gasteiger partial charge in [0.1, 0.15) is 5.82 Å². The molecular weight excluding hydrogens is 326 g/mol. The number of fused-ring (bicyclic) bond motifs is 2. The van der Waals surface area contributed by atoms with Crippen LogP contribution in [0.2, 0.25) is 0 Å². The third kappa shape index (κ3) is 2.27. The molecule has 2 aliphatic rings. The van der Waals surface area contributed by atoms with E-state index in [0.717, 1.165) is 53.9 Å². The van der Waals surface area contributed by atoms with Gasteiger partial charge in [-0.15, -0.1) is 0 Å². The lowest BCUT2D eigenvalue weighted by Gasteiger charge is -2.39. The molecular formula is C19H21N7. The molecule has 0 unspecified atom stereocenters. The van der Waals surface area contributed by atoms with Gasteiger partial charge in [0.2, 0.25) is 11.9 Å². The number of nitrogens with zero attached hydrogens (tertiary/aromatic N) is 5. The Kier molecular flexibility index (Phi) is 3.25. The molecule has 0 amide bonds. The van der Waals surface area contributed by atoms with Crippen molar-refractivity contribution in [1.82, 2.24) is 19.9 Å². The number of nitrogens with two attached hydrogens (primary N) is 2. The SMILES string of the molecule is C[C@H]1CCN1c1nc2c(c(-c3ccc4c(N)nc(N)nc4c3)n1)CCC2. The number of aryl methyl sites for hydroxylation is 1. The molecule has 1 aromatic carbocycles. The Morgan fingerprint density at radius 1 is 1.08 bits per heavy atom. The van der Waals surface area contributed by atoms with Gasteiger partial charge in [-0.05, 0) is 44.7 Å². The average molecular weight is 347 g/mol. The van der Waals surface area contributed by atoms with E-state index in [0.29, 0.717) is 11.9 Å². The maximum absolute atomic E-state index is 5.98. The zero-order valence-electron chi connectivity index (χ0n) is 14.7. The lowest BCUT2D eigenvalue weighted by molar-refractivity contribution is 0.470. The zero-order valence-corrected chi connectivity index (χ0v) is 14.7. The summed E-state index contributed by atoms with van der Waals surface area (Å²) in [6, 6.07) is 6.51. The van der Waals surface area contributed by atoms with Crippen LogP contribution in [0.3, 0.4) is 0 Å². The minimum absolute atomic E-state index is 0.190. The minimum Gasteiger partial charge on any atom is -0.383 e. The quantitative estimate of drug-likeness (QED) is 0.732. The van der Waals surface area contributed by atoms with E-state index in [2.05, 4.69) is 21.8 Å². The van der Waals surface area contributed by atoms with Crippen LogP contribution < -0.4 is 16.4 Å². The molecule has 7 nitrogen and oxygen atoms in total. The number of hydrogen-bond donors (Lipinski definition) is 2. The number of nitrogen functional groups attached to an aromatic ring is 2. The standard InChI is InChI=1S/C19H21N7/c1-10-7-8-26(10)19-23-14-4-2-3-12(14)16(24-19)11-5-6-13-15(9-11)22-18(21)25-17(13)20/h5-6,9-10H,2-4,7-8H2,1H3,(H4,20,21,22,25)/t10-/m0/s1.